The van der Waals surface area contributed by atoms with E-state index in [1.807, 2.05) is 13.8 Å². The summed E-state index contributed by atoms with van der Waals surface area (Å²) < 4.78 is 13.3. The molecule has 1 amide bonds. The zero-order valence-electron chi connectivity index (χ0n) is 23.2. The zero-order valence-corrected chi connectivity index (χ0v) is 23.2. The Kier molecular flexibility index (Phi) is 4.25. The molecule has 38 heavy (non-hydrogen) atoms. The van der Waals surface area contributed by atoms with Crippen molar-refractivity contribution in [2.45, 2.75) is 94.2 Å². The predicted molar refractivity (Wildman–Crippen MR) is 146 cm³/mol. The van der Waals surface area contributed by atoms with Crippen LogP contribution in [0.25, 0.3) is 0 Å². The first-order valence-electron chi connectivity index (χ1n) is 14.2. The minimum Gasteiger partial charge on any atom is -0.364 e. The lowest BCUT2D eigenvalue weighted by atomic mass is 9.50. The lowest BCUT2D eigenvalue weighted by Crippen LogP contribution is -2.73. The van der Waals surface area contributed by atoms with Gasteiger partial charge in [-0.3, -0.25) is 9.69 Å². The second-order valence-electron chi connectivity index (χ2n) is 13.3. The number of hydrogen-bond acceptors (Lipinski definition) is 6. The highest BCUT2D eigenvalue weighted by Gasteiger charge is 2.76. The average molecular weight is 515 g/mol. The van der Waals surface area contributed by atoms with Crippen LogP contribution in [0.4, 0.5) is 11.4 Å². The standard InChI is InChI=1S/C31H38N4O3/c1-18(36)34-16-14-30-20-11-7-8-12-21(20)32-26-31(30)15-17-35(27(30)34)24(25-28(2,3)38-29(4,5)37-25)19-10-9-13-22(23(19)31)33(26)6/h7-13,24-27,32H,14-17H2,1-6H3/t24-,25-,26+,27+,30-,31+/m0/s1. The summed E-state index contributed by atoms with van der Waals surface area (Å²) in [5.74, 6) is -0.523. The molecular formula is C31H38N4O3. The van der Waals surface area contributed by atoms with E-state index in [4.69, 9.17) is 9.47 Å². The molecule has 0 aliphatic carbocycles. The number of rotatable bonds is 1. The number of anilines is 2. The molecule has 0 saturated carbocycles. The van der Waals surface area contributed by atoms with Crippen LogP contribution in [0.5, 0.6) is 0 Å². The lowest BCUT2D eigenvalue weighted by molar-refractivity contribution is -0.166. The smallest absolute Gasteiger partial charge is 0.220 e. The van der Waals surface area contributed by atoms with E-state index in [1.165, 1.54) is 28.1 Å². The fourth-order valence-electron chi connectivity index (χ4n) is 9.92. The second-order valence-corrected chi connectivity index (χ2v) is 13.3. The van der Waals surface area contributed by atoms with Crippen molar-refractivity contribution in [2.24, 2.45) is 0 Å². The minimum absolute atomic E-state index is 0.0344. The number of hydrogen-bond donors (Lipinski definition) is 1. The summed E-state index contributed by atoms with van der Waals surface area (Å²) in [5.41, 5.74) is 5.77. The number of nitrogens with zero attached hydrogens (tertiary/aromatic N) is 3. The van der Waals surface area contributed by atoms with Gasteiger partial charge in [-0.05, 0) is 69.4 Å². The van der Waals surface area contributed by atoms with Crippen LogP contribution in [0.2, 0.25) is 0 Å². The molecule has 8 rings (SSSR count). The van der Waals surface area contributed by atoms with E-state index in [-0.39, 0.29) is 41.2 Å². The third kappa shape index (κ3) is 2.42. The molecule has 7 nitrogen and oxygen atoms in total. The van der Waals surface area contributed by atoms with Crippen molar-refractivity contribution in [2.75, 3.05) is 30.4 Å². The summed E-state index contributed by atoms with van der Waals surface area (Å²) in [7, 11) is 2.24. The normalized spacial score (nSPS) is 40.3. The lowest BCUT2D eigenvalue weighted by Gasteiger charge is -2.62. The maximum absolute atomic E-state index is 13.4. The number of likely N-dealkylation sites (tertiary alicyclic amines) is 1. The van der Waals surface area contributed by atoms with Crippen LogP contribution in [0.15, 0.2) is 42.5 Å². The van der Waals surface area contributed by atoms with Gasteiger partial charge in [-0.1, -0.05) is 30.3 Å². The number of carbonyl (C=O) groups excluding carboxylic acids is 1. The van der Waals surface area contributed by atoms with Crippen LogP contribution in [-0.2, 0) is 25.1 Å². The number of nitrogens with one attached hydrogen (secondary N) is 1. The van der Waals surface area contributed by atoms with E-state index in [0.29, 0.717) is 0 Å². The van der Waals surface area contributed by atoms with Crippen molar-refractivity contribution in [3.63, 3.8) is 0 Å². The minimum atomic E-state index is -0.677. The van der Waals surface area contributed by atoms with Crippen molar-refractivity contribution in [3.05, 3.63) is 59.2 Å². The highest BCUT2D eigenvalue weighted by Crippen LogP contribution is 2.71. The van der Waals surface area contributed by atoms with Gasteiger partial charge < -0.3 is 24.6 Å². The SMILES string of the molecule is CC(=O)N1CC[C@@]23c4ccccc4N[C@@H]4N(C)c5cccc6c5[C@]42CCN([C@@H]13)[C@@H]6[C@@H]1OC(C)(C)OC1(C)C. The third-order valence-electron chi connectivity index (χ3n) is 10.8. The van der Waals surface area contributed by atoms with E-state index in [9.17, 15) is 4.79 Å². The first-order valence-corrected chi connectivity index (χ1v) is 14.2. The van der Waals surface area contributed by atoms with Gasteiger partial charge in [0.15, 0.2) is 5.79 Å². The quantitative estimate of drug-likeness (QED) is 0.611. The number of benzene rings is 2. The van der Waals surface area contributed by atoms with Crippen LogP contribution in [0.1, 0.15) is 70.2 Å². The molecule has 2 spiro atoms. The Bertz CT molecular complexity index is 1390. The average Bonchev–Trinajstić information content (AvgIpc) is 3.39. The maximum Gasteiger partial charge on any atom is 0.220 e. The molecule has 1 N–H and O–H groups in total. The third-order valence-corrected chi connectivity index (χ3v) is 10.8. The van der Waals surface area contributed by atoms with Gasteiger partial charge in [-0.2, -0.15) is 0 Å². The van der Waals surface area contributed by atoms with Crippen molar-refractivity contribution in [3.8, 4) is 0 Å². The summed E-state index contributed by atoms with van der Waals surface area (Å²) in [6, 6.07) is 15.7. The zero-order chi connectivity index (χ0) is 26.4. The maximum atomic E-state index is 13.4. The molecular weight excluding hydrogens is 476 g/mol. The molecule has 200 valence electrons. The molecule has 2 aromatic carbocycles. The molecule has 7 heteroatoms. The monoisotopic (exact) mass is 514 g/mol. The number of amides is 1. The molecule has 7 atom stereocenters. The van der Waals surface area contributed by atoms with Crippen LogP contribution < -0.4 is 10.2 Å². The molecule has 1 unspecified atom stereocenters. The van der Waals surface area contributed by atoms with E-state index in [1.54, 1.807) is 6.92 Å². The number of likely N-dealkylation sites (N-methyl/N-ethyl adjacent to an activating group) is 1. The Hall–Kier alpha value is -2.61. The Morgan fingerprint density at radius 3 is 2.50 bits per heavy atom. The Balaban J connectivity index is 1.48. The number of carbonyl (C=O) groups is 1. The van der Waals surface area contributed by atoms with Gasteiger partial charge >= 0.3 is 0 Å². The molecule has 2 bridgehead atoms. The predicted octanol–water partition coefficient (Wildman–Crippen LogP) is 4.33. The van der Waals surface area contributed by atoms with Crippen LogP contribution in [0, 0.1) is 0 Å². The molecule has 6 aliphatic rings. The summed E-state index contributed by atoms with van der Waals surface area (Å²) in [6.45, 7) is 11.8. The largest absolute Gasteiger partial charge is 0.364 e. The van der Waals surface area contributed by atoms with Gasteiger partial charge in [0.25, 0.3) is 0 Å². The van der Waals surface area contributed by atoms with E-state index in [0.717, 1.165) is 25.9 Å². The topological polar surface area (TPSA) is 57.3 Å². The number of fused-ring (bicyclic) bond motifs is 1. The number of para-hydroxylation sites is 1. The Morgan fingerprint density at radius 2 is 1.76 bits per heavy atom. The first-order chi connectivity index (χ1) is 18.0. The molecule has 3 fully saturated rings. The summed E-state index contributed by atoms with van der Waals surface area (Å²) in [4.78, 5) is 20.7. The molecule has 0 aromatic heterocycles. The summed E-state index contributed by atoms with van der Waals surface area (Å²) in [6.07, 6.45) is 1.87. The molecule has 3 saturated heterocycles. The summed E-state index contributed by atoms with van der Waals surface area (Å²) >= 11 is 0. The molecule has 0 radical (unpaired) electrons. The highest BCUT2D eigenvalue weighted by atomic mass is 16.8. The van der Waals surface area contributed by atoms with Gasteiger partial charge in [0.2, 0.25) is 5.91 Å². The van der Waals surface area contributed by atoms with Gasteiger partial charge in [-0.25, -0.2) is 0 Å². The van der Waals surface area contributed by atoms with Crippen molar-refractivity contribution >= 4 is 17.3 Å². The fourth-order valence-corrected chi connectivity index (χ4v) is 9.92. The van der Waals surface area contributed by atoms with Gasteiger partial charge in [0.1, 0.15) is 12.3 Å². The Morgan fingerprint density at radius 1 is 1.00 bits per heavy atom. The van der Waals surface area contributed by atoms with Crippen LogP contribution >= 0.6 is 0 Å². The van der Waals surface area contributed by atoms with Crippen LogP contribution in [0.3, 0.4) is 0 Å². The first kappa shape index (κ1) is 23.3. The van der Waals surface area contributed by atoms with Gasteiger partial charge in [0.05, 0.1) is 23.2 Å². The number of ether oxygens (including phenoxy) is 2. The van der Waals surface area contributed by atoms with E-state index >= 15 is 0 Å². The van der Waals surface area contributed by atoms with E-state index in [2.05, 4.69) is 83.4 Å². The molecule has 2 aromatic rings. The van der Waals surface area contributed by atoms with Crippen molar-refractivity contribution in [1.29, 1.82) is 0 Å². The van der Waals surface area contributed by atoms with Crippen LogP contribution in [-0.4, -0.2) is 65.7 Å². The fraction of sp³-hybridized carbons (Fsp3) is 0.581. The molecule has 6 aliphatic heterocycles. The van der Waals surface area contributed by atoms with Gasteiger partial charge in [0, 0.05) is 43.9 Å². The van der Waals surface area contributed by atoms with Gasteiger partial charge in [-0.15, -0.1) is 0 Å². The molecule has 6 heterocycles. The second kappa shape index (κ2) is 6.93. The summed E-state index contributed by atoms with van der Waals surface area (Å²) in [5, 5.41) is 4.00. The number of piperidine rings is 1. The van der Waals surface area contributed by atoms with Crippen molar-refractivity contribution in [1.82, 2.24) is 9.80 Å². The van der Waals surface area contributed by atoms with E-state index < -0.39 is 11.4 Å². The van der Waals surface area contributed by atoms with Crippen molar-refractivity contribution < 1.29 is 14.3 Å². The highest BCUT2D eigenvalue weighted by molar-refractivity contribution is 5.80. The Labute approximate surface area is 225 Å².